The molecule has 34 heavy (non-hydrogen) atoms. The van der Waals surface area contributed by atoms with E-state index in [1.165, 1.54) is 17.4 Å². The number of carbonyl (C=O) groups excluding carboxylic acids is 3. The van der Waals surface area contributed by atoms with Crippen molar-refractivity contribution in [2.45, 2.75) is 13.0 Å². The monoisotopic (exact) mass is 454 g/mol. The number of piperazine rings is 1. The number of aromatic amines is 1. The third-order valence-electron chi connectivity index (χ3n) is 6.07. The summed E-state index contributed by atoms with van der Waals surface area (Å²) in [6, 6.07) is 10.5. The van der Waals surface area contributed by atoms with E-state index in [1.54, 1.807) is 41.7 Å². The Morgan fingerprint density at radius 3 is 2.53 bits per heavy atom. The van der Waals surface area contributed by atoms with Gasteiger partial charge in [-0.05, 0) is 25.1 Å². The molecule has 0 bridgehead atoms. The van der Waals surface area contributed by atoms with Crippen LogP contribution in [0.15, 0.2) is 67.5 Å². The van der Waals surface area contributed by atoms with E-state index in [0.717, 1.165) is 11.1 Å². The van der Waals surface area contributed by atoms with Crippen LogP contribution in [0.2, 0.25) is 0 Å². The maximum absolute atomic E-state index is 13.2. The van der Waals surface area contributed by atoms with Crippen molar-refractivity contribution in [2.24, 2.45) is 0 Å². The minimum atomic E-state index is -0.630. The van der Waals surface area contributed by atoms with Crippen LogP contribution in [0, 0.1) is 0 Å². The van der Waals surface area contributed by atoms with Gasteiger partial charge in [-0.3, -0.25) is 19.4 Å². The molecule has 2 amide bonds. The number of rotatable bonds is 4. The van der Waals surface area contributed by atoms with Crippen molar-refractivity contribution >= 4 is 28.6 Å². The van der Waals surface area contributed by atoms with E-state index in [9.17, 15) is 14.4 Å². The smallest absolute Gasteiger partial charge is 0.295 e. The summed E-state index contributed by atoms with van der Waals surface area (Å²) in [5.41, 5.74) is 3.45. The minimum absolute atomic E-state index is 0.0795. The summed E-state index contributed by atoms with van der Waals surface area (Å²) in [5.74, 6) is -1.31. The number of nitrogens with zero attached hydrogens (tertiary/aromatic N) is 5. The molecular weight excluding hydrogens is 432 g/mol. The molecule has 0 radical (unpaired) electrons. The summed E-state index contributed by atoms with van der Waals surface area (Å²) in [7, 11) is 0. The second-order valence-corrected chi connectivity index (χ2v) is 8.21. The first kappa shape index (κ1) is 21.4. The fourth-order valence-corrected chi connectivity index (χ4v) is 4.33. The average Bonchev–Trinajstić information content (AvgIpc) is 3.33. The normalized spacial score (nSPS) is 16.0. The molecule has 4 heterocycles. The summed E-state index contributed by atoms with van der Waals surface area (Å²) < 4.78 is 0. The van der Waals surface area contributed by atoms with Gasteiger partial charge in [0.05, 0.1) is 16.6 Å². The summed E-state index contributed by atoms with van der Waals surface area (Å²) in [4.78, 5) is 57.9. The SMILES string of the molecule is C[C@@H]1CN(C(=O)c2ccccc2)CCN1C(=O)C(=O)c1c[nH]c2c(-c3cncnc3)ccnc12. The quantitative estimate of drug-likeness (QED) is 0.375. The molecule has 1 atom stereocenters. The molecule has 1 saturated heterocycles. The number of amides is 2. The van der Waals surface area contributed by atoms with Gasteiger partial charge in [0.25, 0.3) is 17.6 Å². The highest BCUT2D eigenvalue weighted by Crippen LogP contribution is 2.28. The van der Waals surface area contributed by atoms with E-state index in [1.807, 2.05) is 25.1 Å². The van der Waals surface area contributed by atoms with Crippen LogP contribution < -0.4 is 0 Å². The predicted octanol–water partition coefficient (Wildman–Crippen LogP) is 2.58. The van der Waals surface area contributed by atoms with Gasteiger partial charge < -0.3 is 14.8 Å². The first-order chi connectivity index (χ1) is 16.5. The van der Waals surface area contributed by atoms with Crippen LogP contribution in [-0.4, -0.2) is 73.0 Å². The van der Waals surface area contributed by atoms with Gasteiger partial charge in [0.1, 0.15) is 6.33 Å². The molecule has 0 saturated carbocycles. The van der Waals surface area contributed by atoms with E-state index in [0.29, 0.717) is 29.7 Å². The van der Waals surface area contributed by atoms with Gasteiger partial charge >= 0.3 is 0 Å². The molecule has 0 unspecified atom stereocenters. The van der Waals surface area contributed by atoms with Crippen molar-refractivity contribution in [2.75, 3.05) is 19.6 Å². The largest absolute Gasteiger partial charge is 0.359 e. The Labute approximate surface area is 195 Å². The van der Waals surface area contributed by atoms with Crippen LogP contribution >= 0.6 is 0 Å². The van der Waals surface area contributed by atoms with Gasteiger partial charge in [-0.1, -0.05) is 18.2 Å². The summed E-state index contributed by atoms with van der Waals surface area (Å²) in [5, 5.41) is 0. The first-order valence-corrected chi connectivity index (χ1v) is 11.0. The summed E-state index contributed by atoms with van der Waals surface area (Å²) in [6.07, 6.45) is 7.90. The fraction of sp³-hybridized carbons (Fsp3) is 0.200. The third kappa shape index (κ3) is 3.81. The predicted molar refractivity (Wildman–Crippen MR) is 125 cm³/mol. The highest BCUT2D eigenvalue weighted by Gasteiger charge is 2.34. The molecule has 0 aliphatic carbocycles. The van der Waals surface area contributed by atoms with E-state index in [2.05, 4.69) is 19.9 Å². The Balaban J connectivity index is 1.35. The van der Waals surface area contributed by atoms with Gasteiger partial charge in [0.15, 0.2) is 0 Å². The third-order valence-corrected chi connectivity index (χ3v) is 6.07. The number of H-pyrrole nitrogens is 1. The molecule has 5 rings (SSSR count). The number of fused-ring (bicyclic) bond motifs is 1. The number of nitrogens with one attached hydrogen (secondary N) is 1. The van der Waals surface area contributed by atoms with Crippen LogP contribution in [0.1, 0.15) is 27.6 Å². The standard InChI is InChI=1S/C25H22N6O3/c1-16-14-30(24(33)17-5-3-2-4-6-17)9-10-31(16)25(34)23(32)20-13-29-21-19(7-8-28-22(20)21)18-11-26-15-27-12-18/h2-8,11-13,15-16,29H,9-10,14H2,1H3/t16-/m1/s1. The van der Waals surface area contributed by atoms with Crippen LogP contribution in [0.25, 0.3) is 22.2 Å². The molecule has 4 aromatic rings. The van der Waals surface area contributed by atoms with Crippen LogP contribution in [0.3, 0.4) is 0 Å². The Kier molecular flexibility index (Phi) is 5.59. The number of pyridine rings is 1. The zero-order valence-electron chi connectivity index (χ0n) is 18.5. The summed E-state index contributed by atoms with van der Waals surface area (Å²) in [6.45, 7) is 2.85. The Morgan fingerprint density at radius 1 is 1.03 bits per heavy atom. The van der Waals surface area contributed by atoms with Crippen LogP contribution in [0.4, 0.5) is 0 Å². The lowest BCUT2D eigenvalue weighted by Crippen LogP contribution is -2.56. The molecule has 3 aromatic heterocycles. The molecular formula is C25H22N6O3. The molecule has 1 fully saturated rings. The zero-order chi connectivity index (χ0) is 23.7. The Morgan fingerprint density at radius 2 is 1.79 bits per heavy atom. The van der Waals surface area contributed by atoms with Gasteiger partial charge in [-0.15, -0.1) is 0 Å². The van der Waals surface area contributed by atoms with Crippen molar-refractivity contribution in [3.63, 3.8) is 0 Å². The van der Waals surface area contributed by atoms with Crippen LogP contribution in [0.5, 0.6) is 0 Å². The van der Waals surface area contributed by atoms with Gasteiger partial charge in [0.2, 0.25) is 0 Å². The molecule has 1 aliphatic heterocycles. The van der Waals surface area contributed by atoms with Gasteiger partial charge in [-0.2, -0.15) is 0 Å². The zero-order valence-corrected chi connectivity index (χ0v) is 18.5. The lowest BCUT2D eigenvalue weighted by molar-refractivity contribution is -0.130. The molecule has 1 N–H and O–H groups in total. The van der Waals surface area contributed by atoms with Gasteiger partial charge in [-0.25, -0.2) is 9.97 Å². The Hall–Kier alpha value is -4.40. The number of hydrogen-bond acceptors (Lipinski definition) is 6. The van der Waals surface area contributed by atoms with Crippen molar-refractivity contribution < 1.29 is 14.4 Å². The fourth-order valence-electron chi connectivity index (χ4n) is 4.33. The van der Waals surface area contributed by atoms with Crippen molar-refractivity contribution in [3.8, 4) is 11.1 Å². The lowest BCUT2D eigenvalue weighted by atomic mass is 10.1. The average molecular weight is 454 g/mol. The highest BCUT2D eigenvalue weighted by atomic mass is 16.2. The van der Waals surface area contributed by atoms with Crippen molar-refractivity contribution in [1.29, 1.82) is 0 Å². The molecule has 170 valence electrons. The second-order valence-electron chi connectivity index (χ2n) is 8.21. The topological polar surface area (TPSA) is 112 Å². The Bertz CT molecular complexity index is 1370. The number of Topliss-reactive ketones (excluding diaryl/α,β-unsaturated/α-hetero) is 1. The van der Waals surface area contributed by atoms with Crippen molar-refractivity contribution in [1.82, 2.24) is 29.7 Å². The molecule has 1 aliphatic rings. The number of benzene rings is 1. The van der Waals surface area contributed by atoms with Crippen LogP contribution in [-0.2, 0) is 4.79 Å². The molecule has 9 nitrogen and oxygen atoms in total. The summed E-state index contributed by atoms with van der Waals surface area (Å²) >= 11 is 0. The van der Waals surface area contributed by atoms with E-state index in [-0.39, 0.29) is 24.1 Å². The molecule has 0 spiro atoms. The number of aromatic nitrogens is 4. The van der Waals surface area contributed by atoms with Gasteiger partial charge in [0, 0.05) is 67.2 Å². The maximum Gasteiger partial charge on any atom is 0.295 e. The number of ketones is 1. The van der Waals surface area contributed by atoms with Crippen molar-refractivity contribution in [3.05, 3.63) is 78.6 Å². The maximum atomic E-state index is 13.2. The lowest BCUT2D eigenvalue weighted by Gasteiger charge is -2.39. The minimum Gasteiger partial charge on any atom is -0.359 e. The highest BCUT2D eigenvalue weighted by molar-refractivity contribution is 6.44. The first-order valence-electron chi connectivity index (χ1n) is 11.0. The molecule has 9 heteroatoms. The van der Waals surface area contributed by atoms with E-state index >= 15 is 0 Å². The number of hydrogen-bond donors (Lipinski definition) is 1. The second kappa shape index (κ2) is 8.86. The molecule has 1 aromatic carbocycles. The van der Waals surface area contributed by atoms with E-state index in [4.69, 9.17) is 0 Å². The number of carbonyl (C=O) groups is 3. The van der Waals surface area contributed by atoms with E-state index < -0.39 is 11.7 Å².